The van der Waals surface area contributed by atoms with Crippen LogP contribution in [-0.2, 0) is 13.0 Å². The van der Waals surface area contributed by atoms with Crippen LogP contribution in [0.5, 0.6) is 0 Å². The number of aromatic nitrogens is 2. The Balaban J connectivity index is 1.82. The summed E-state index contributed by atoms with van der Waals surface area (Å²) in [7, 11) is 0. The fourth-order valence-corrected chi connectivity index (χ4v) is 4.07. The van der Waals surface area contributed by atoms with Gasteiger partial charge in [0, 0.05) is 23.7 Å². The standard InChI is InChI=1S/C26H22F2N2O3/c1-15(2)24-22(12-16-7-8-17-5-3-4-6-18(17)11-16)30(26(33)29-25(24)32)14-23(31)20-10-9-19(27)13-21(20)28/h3-11,13,15H,12,14H2,1-2H3,(H,29,32,33). The maximum atomic E-state index is 14.2. The summed E-state index contributed by atoms with van der Waals surface area (Å²) in [5.41, 5.74) is 0.0468. The van der Waals surface area contributed by atoms with Crippen molar-refractivity contribution in [1.82, 2.24) is 9.55 Å². The van der Waals surface area contributed by atoms with Crippen molar-refractivity contribution in [3.63, 3.8) is 0 Å². The number of hydrogen-bond donors (Lipinski definition) is 1. The van der Waals surface area contributed by atoms with Gasteiger partial charge in [0.1, 0.15) is 11.6 Å². The lowest BCUT2D eigenvalue weighted by Crippen LogP contribution is -2.37. The Morgan fingerprint density at radius 3 is 2.39 bits per heavy atom. The number of aromatic amines is 1. The molecular weight excluding hydrogens is 426 g/mol. The third kappa shape index (κ3) is 4.53. The van der Waals surface area contributed by atoms with Gasteiger partial charge in [-0.05, 0) is 34.4 Å². The molecule has 0 saturated heterocycles. The van der Waals surface area contributed by atoms with Crippen LogP contribution in [0.25, 0.3) is 10.8 Å². The van der Waals surface area contributed by atoms with Crippen LogP contribution in [0.4, 0.5) is 8.78 Å². The monoisotopic (exact) mass is 448 g/mol. The van der Waals surface area contributed by atoms with Gasteiger partial charge in [-0.25, -0.2) is 13.6 Å². The number of H-pyrrole nitrogens is 1. The highest BCUT2D eigenvalue weighted by Gasteiger charge is 2.21. The number of nitrogens with zero attached hydrogens (tertiary/aromatic N) is 1. The van der Waals surface area contributed by atoms with Crippen molar-refractivity contribution in [3.8, 4) is 0 Å². The minimum absolute atomic E-state index is 0.228. The van der Waals surface area contributed by atoms with Crippen LogP contribution in [-0.4, -0.2) is 15.3 Å². The van der Waals surface area contributed by atoms with E-state index in [2.05, 4.69) is 4.98 Å². The summed E-state index contributed by atoms with van der Waals surface area (Å²) in [5.74, 6) is -2.73. The zero-order valence-electron chi connectivity index (χ0n) is 18.2. The summed E-state index contributed by atoms with van der Waals surface area (Å²) >= 11 is 0. The average Bonchev–Trinajstić information content (AvgIpc) is 2.75. The molecular formula is C26H22F2N2O3. The average molecular weight is 448 g/mol. The molecule has 1 aromatic heterocycles. The number of hydrogen-bond acceptors (Lipinski definition) is 3. The zero-order valence-corrected chi connectivity index (χ0v) is 18.2. The second kappa shape index (κ2) is 8.94. The lowest BCUT2D eigenvalue weighted by atomic mass is 9.96. The minimum Gasteiger partial charge on any atom is -0.292 e. The van der Waals surface area contributed by atoms with E-state index in [9.17, 15) is 23.2 Å². The molecule has 1 N–H and O–H groups in total. The van der Waals surface area contributed by atoms with Crippen LogP contribution in [0.2, 0.25) is 0 Å². The van der Waals surface area contributed by atoms with Gasteiger partial charge in [0.25, 0.3) is 5.56 Å². The van der Waals surface area contributed by atoms with E-state index in [1.165, 1.54) is 4.57 Å². The number of nitrogens with one attached hydrogen (secondary N) is 1. The Kier molecular flexibility index (Phi) is 6.05. The van der Waals surface area contributed by atoms with E-state index in [0.29, 0.717) is 17.3 Å². The van der Waals surface area contributed by atoms with Crippen LogP contribution in [0, 0.1) is 11.6 Å². The number of halogens is 2. The predicted octanol–water partition coefficient (Wildman–Crippen LogP) is 4.57. The van der Waals surface area contributed by atoms with Gasteiger partial charge in [0.05, 0.1) is 12.1 Å². The number of carbonyl (C=O) groups is 1. The molecule has 0 aliphatic heterocycles. The first kappa shape index (κ1) is 22.3. The fourth-order valence-electron chi connectivity index (χ4n) is 4.07. The Morgan fingerprint density at radius 1 is 0.970 bits per heavy atom. The van der Waals surface area contributed by atoms with Gasteiger partial charge >= 0.3 is 5.69 Å². The van der Waals surface area contributed by atoms with E-state index in [-0.39, 0.29) is 17.9 Å². The maximum Gasteiger partial charge on any atom is 0.328 e. The molecule has 0 radical (unpaired) electrons. The van der Waals surface area contributed by atoms with Gasteiger partial charge in [-0.1, -0.05) is 56.3 Å². The van der Waals surface area contributed by atoms with E-state index in [4.69, 9.17) is 0 Å². The van der Waals surface area contributed by atoms with Crippen LogP contribution in [0.15, 0.2) is 70.3 Å². The third-order valence-electron chi connectivity index (χ3n) is 5.64. The molecule has 4 aromatic rings. The van der Waals surface area contributed by atoms with E-state index in [1.807, 2.05) is 56.3 Å². The van der Waals surface area contributed by atoms with Crippen LogP contribution in [0.3, 0.4) is 0 Å². The van der Waals surface area contributed by atoms with E-state index >= 15 is 0 Å². The van der Waals surface area contributed by atoms with Crippen molar-refractivity contribution >= 4 is 16.6 Å². The fraction of sp³-hybridized carbons (Fsp3) is 0.192. The van der Waals surface area contributed by atoms with Crippen LogP contribution in [0.1, 0.15) is 46.9 Å². The SMILES string of the molecule is CC(C)c1c(Cc2ccc3ccccc3c2)n(CC(=O)c2ccc(F)cc2F)c(=O)[nH]c1=O. The van der Waals surface area contributed by atoms with Gasteiger partial charge in [-0.3, -0.25) is 19.1 Å². The highest BCUT2D eigenvalue weighted by molar-refractivity contribution is 5.96. The summed E-state index contributed by atoms with van der Waals surface area (Å²) in [6.07, 6.45) is 0.233. The topological polar surface area (TPSA) is 71.9 Å². The van der Waals surface area contributed by atoms with Gasteiger partial charge in [0.15, 0.2) is 5.78 Å². The molecule has 0 spiro atoms. The van der Waals surface area contributed by atoms with Crippen molar-refractivity contribution in [2.45, 2.75) is 32.7 Å². The van der Waals surface area contributed by atoms with Crippen molar-refractivity contribution in [3.05, 3.63) is 116 Å². The van der Waals surface area contributed by atoms with Gasteiger partial charge < -0.3 is 0 Å². The number of ketones is 1. The predicted molar refractivity (Wildman–Crippen MR) is 123 cm³/mol. The zero-order chi connectivity index (χ0) is 23.7. The smallest absolute Gasteiger partial charge is 0.292 e. The molecule has 0 fully saturated rings. The van der Waals surface area contributed by atoms with E-state index in [0.717, 1.165) is 28.5 Å². The molecule has 3 aromatic carbocycles. The lowest BCUT2D eigenvalue weighted by Gasteiger charge is -2.18. The first-order valence-corrected chi connectivity index (χ1v) is 10.6. The molecule has 0 atom stereocenters. The largest absolute Gasteiger partial charge is 0.328 e. The number of carbonyl (C=O) groups excluding carboxylic acids is 1. The Labute approximate surface area is 188 Å². The van der Waals surface area contributed by atoms with Crippen molar-refractivity contribution in [2.24, 2.45) is 0 Å². The minimum atomic E-state index is -1.00. The molecule has 0 saturated carbocycles. The van der Waals surface area contributed by atoms with Gasteiger partial charge in [-0.15, -0.1) is 0 Å². The number of rotatable bonds is 6. The van der Waals surface area contributed by atoms with Crippen LogP contribution >= 0.6 is 0 Å². The van der Waals surface area contributed by atoms with Crippen molar-refractivity contribution in [2.75, 3.05) is 0 Å². The molecule has 0 aliphatic rings. The molecule has 1 heterocycles. The lowest BCUT2D eigenvalue weighted by molar-refractivity contribution is 0.0965. The molecule has 4 rings (SSSR count). The van der Waals surface area contributed by atoms with E-state index < -0.39 is 35.2 Å². The summed E-state index contributed by atoms with van der Waals surface area (Å²) in [6, 6.07) is 16.3. The van der Waals surface area contributed by atoms with E-state index in [1.54, 1.807) is 0 Å². The molecule has 168 valence electrons. The quantitative estimate of drug-likeness (QED) is 0.440. The summed E-state index contributed by atoms with van der Waals surface area (Å²) < 4.78 is 28.6. The number of benzene rings is 3. The van der Waals surface area contributed by atoms with Gasteiger partial charge in [0.2, 0.25) is 0 Å². The number of fused-ring (bicyclic) bond motifs is 1. The maximum absolute atomic E-state index is 14.2. The summed E-state index contributed by atoms with van der Waals surface area (Å²) in [5, 5.41) is 2.06. The van der Waals surface area contributed by atoms with Crippen molar-refractivity contribution < 1.29 is 13.6 Å². The molecule has 0 aliphatic carbocycles. The first-order valence-electron chi connectivity index (χ1n) is 10.6. The van der Waals surface area contributed by atoms with Crippen LogP contribution < -0.4 is 11.2 Å². The normalized spacial score (nSPS) is 11.3. The Bertz CT molecular complexity index is 1490. The highest BCUT2D eigenvalue weighted by Crippen LogP contribution is 2.22. The summed E-state index contributed by atoms with van der Waals surface area (Å²) in [6.45, 7) is 3.16. The molecule has 5 nitrogen and oxygen atoms in total. The second-order valence-electron chi connectivity index (χ2n) is 8.27. The molecule has 7 heteroatoms. The number of Topliss-reactive ketones (excluding diaryl/α,β-unsaturated/α-hetero) is 1. The highest BCUT2D eigenvalue weighted by atomic mass is 19.1. The van der Waals surface area contributed by atoms with Crippen molar-refractivity contribution in [1.29, 1.82) is 0 Å². The Hall–Kier alpha value is -3.87. The second-order valence-corrected chi connectivity index (χ2v) is 8.27. The molecule has 33 heavy (non-hydrogen) atoms. The summed E-state index contributed by atoms with van der Waals surface area (Å²) in [4.78, 5) is 40.5. The molecule has 0 amide bonds. The third-order valence-corrected chi connectivity index (χ3v) is 5.64. The molecule has 0 bridgehead atoms. The molecule has 0 unspecified atom stereocenters. The Morgan fingerprint density at radius 2 is 1.70 bits per heavy atom. The first-order chi connectivity index (χ1) is 15.7. The van der Waals surface area contributed by atoms with Gasteiger partial charge in [-0.2, -0.15) is 0 Å².